The van der Waals surface area contributed by atoms with Crippen molar-refractivity contribution in [3.63, 3.8) is 0 Å². The van der Waals surface area contributed by atoms with Gasteiger partial charge in [-0.2, -0.15) is 0 Å². The number of rotatable bonds is 6. The molecule has 1 N–H and O–H groups in total. The van der Waals surface area contributed by atoms with E-state index in [-0.39, 0.29) is 17.4 Å². The summed E-state index contributed by atoms with van der Waals surface area (Å²) in [5.41, 5.74) is 0.407. The van der Waals surface area contributed by atoms with Crippen LogP contribution in [0.4, 0.5) is 18.9 Å². The molecule has 9 heteroatoms. The highest BCUT2D eigenvalue weighted by Gasteiger charge is 2.30. The Labute approximate surface area is 143 Å². The van der Waals surface area contributed by atoms with Gasteiger partial charge >= 0.3 is 6.36 Å². The summed E-state index contributed by atoms with van der Waals surface area (Å²) in [7, 11) is 0. The largest absolute Gasteiger partial charge is 0.573 e. The average molecular weight is 382 g/mol. The maximum Gasteiger partial charge on any atom is 0.573 e. The molecule has 1 aromatic heterocycles. The van der Waals surface area contributed by atoms with Crippen LogP contribution in [0, 0.1) is 0 Å². The fraction of sp³-hybridized carbons (Fsp3) is 0.214. The summed E-state index contributed by atoms with van der Waals surface area (Å²) in [6, 6.07) is 8.68. The first-order chi connectivity index (χ1) is 10.8. The summed E-state index contributed by atoms with van der Waals surface area (Å²) in [5.74, 6) is 0.334. The van der Waals surface area contributed by atoms with E-state index in [1.807, 2.05) is 6.07 Å². The molecule has 0 fully saturated rings. The van der Waals surface area contributed by atoms with E-state index in [9.17, 15) is 18.0 Å². The lowest BCUT2D eigenvalue weighted by molar-refractivity contribution is -0.274. The van der Waals surface area contributed by atoms with Crippen molar-refractivity contribution in [3.8, 4) is 5.75 Å². The Morgan fingerprint density at radius 2 is 1.91 bits per heavy atom. The van der Waals surface area contributed by atoms with Gasteiger partial charge in [0.2, 0.25) is 5.91 Å². The highest BCUT2D eigenvalue weighted by molar-refractivity contribution is 7.99. The van der Waals surface area contributed by atoms with Gasteiger partial charge in [0.15, 0.2) is 0 Å². The second-order valence-electron chi connectivity index (χ2n) is 4.32. The van der Waals surface area contributed by atoms with Crippen molar-refractivity contribution in [2.75, 3.05) is 11.1 Å². The van der Waals surface area contributed by atoms with E-state index in [1.54, 1.807) is 6.07 Å². The Kier molecular flexibility index (Phi) is 6.20. The maximum atomic E-state index is 12.0. The molecule has 0 aliphatic rings. The van der Waals surface area contributed by atoms with Crippen molar-refractivity contribution in [1.29, 1.82) is 0 Å². The monoisotopic (exact) mass is 381 g/mol. The number of ether oxygens (including phenoxy) is 1. The van der Waals surface area contributed by atoms with Crippen LogP contribution in [0.1, 0.15) is 4.88 Å². The molecule has 124 valence electrons. The van der Waals surface area contributed by atoms with E-state index in [4.69, 9.17) is 11.6 Å². The molecule has 0 aliphatic heterocycles. The summed E-state index contributed by atoms with van der Waals surface area (Å²) in [5, 5.41) is 2.60. The Hall–Kier alpha value is -1.38. The van der Waals surface area contributed by atoms with Crippen LogP contribution < -0.4 is 10.1 Å². The SMILES string of the molecule is O=C(CSCc1ccc(Cl)s1)Nc1ccc(OC(F)(F)F)cc1. The summed E-state index contributed by atoms with van der Waals surface area (Å²) in [6.45, 7) is 0. The standard InChI is InChI=1S/C14H11ClF3NO2S2/c15-12-6-5-11(23-12)7-22-8-13(20)19-9-1-3-10(4-2-9)21-14(16,17)18/h1-6H,7-8H2,(H,19,20). The second-order valence-corrected chi connectivity index (χ2v) is 7.10. The zero-order valence-corrected chi connectivity index (χ0v) is 13.9. The summed E-state index contributed by atoms with van der Waals surface area (Å²) in [4.78, 5) is 12.8. The van der Waals surface area contributed by atoms with Crippen LogP contribution in [0.5, 0.6) is 5.75 Å². The minimum Gasteiger partial charge on any atom is -0.406 e. The van der Waals surface area contributed by atoms with Gasteiger partial charge in [0.25, 0.3) is 0 Å². The summed E-state index contributed by atoms with van der Waals surface area (Å²) in [6.07, 6.45) is -4.73. The summed E-state index contributed by atoms with van der Waals surface area (Å²) < 4.78 is 40.5. The normalized spacial score (nSPS) is 11.3. The number of amides is 1. The number of benzene rings is 1. The van der Waals surface area contributed by atoms with Crippen molar-refractivity contribution < 1.29 is 22.7 Å². The molecule has 0 spiro atoms. The molecule has 1 aromatic carbocycles. The van der Waals surface area contributed by atoms with Crippen LogP contribution in [-0.4, -0.2) is 18.0 Å². The van der Waals surface area contributed by atoms with Gasteiger partial charge in [0.05, 0.1) is 10.1 Å². The number of anilines is 1. The van der Waals surface area contributed by atoms with E-state index < -0.39 is 6.36 Å². The van der Waals surface area contributed by atoms with Crippen molar-refractivity contribution in [1.82, 2.24) is 0 Å². The van der Waals surface area contributed by atoms with E-state index in [0.717, 1.165) is 17.0 Å². The third-order valence-electron chi connectivity index (χ3n) is 2.48. The summed E-state index contributed by atoms with van der Waals surface area (Å²) >= 11 is 8.69. The van der Waals surface area contributed by atoms with Crippen LogP contribution in [0.3, 0.4) is 0 Å². The number of hydrogen-bond donors (Lipinski definition) is 1. The van der Waals surface area contributed by atoms with E-state index >= 15 is 0 Å². The molecule has 0 unspecified atom stereocenters. The molecule has 0 aliphatic carbocycles. The van der Waals surface area contributed by atoms with E-state index in [1.165, 1.54) is 35.2 Å². The van der Waals surface area contributed by atoms with Crippen LogP contribution in [0.15, 0.2) is 36.4 Å². The fourth-order valence-electron chi connectivity index (χ4n) is 1.61. The first-order valence-corrected chi connectivity index (χ1v) is 8.64. The molecule has 0 saturated heterocycles. The van der Waals surface area contributed by atoms with Crippen LogP contribution in [0.2, 0.25) is 4.34 Å². The molecule has 0 atom stereocenters. The molecule has 2 rings (SSSR count). The predicted molar refractivity (Wildman–Crippen MR) is 87.2 cm³/mol. The maximum absolute atomic E-state index is 12.0. The lowest BCUT2D eigenvalue weighted by Gasteiger charge is -2.09. The lowest BCUT2D eigenvalue weighted by atomic mass is 10.3. The number of thioether (sulfide) groups is 1. The van der Waals surface area contributed by atoms with Gasteiger partial charge in [-0.05, 0) is 36.4 Å². The van der Waals surface area contributed by atoms with Crippen molar-refractivity contribution in [2.24, 2.45) is 0 Å². The molecule has 23 heavy (non-hydrogen) atoms. The predicted octanol–water partition coefficient (Wildman–Crippen LogP) is 5.17. The Balaban J connectivity index is 1.76. The first-order valence-electron chi connectivity index (χ1n) is 6.29. The van der Waals surface area contributed by atoms with Crippen LogP contribution in [0.25, 0.3) is 0 Å². The third kappa shape index (κ3) is 6.72. The molecule has 0 radical (unpaired) electrons. The number of hydrogen-bond acceptors (Lipinski definition) is 4. The molecule has 2 aromatic rings. The molecular weight excluding hydrogens is 371 g/mol. The first kappa shape index (κ1) is 18.0. The number of nitrogens with one attached hydrogen (secondary N) is 1. The highest BCUT2D eigenvalue weighted by Crippen LogP contribution is 2.26. The Bertz CT molecular complexity index is 659. The fourth-order valence-corrected chi connectivity index (χ4v) is 3.64. The van der Waals surface area contributed by atoms with E-state index in [2.05, 4.69) is 10.1 Å². The number of alkyl halides is 3. The smallest absolute Gasteiger partial charge is 0.406 e. The van der Waals surface area contributed by atoms with Gasteiger partial charge in [0.1, 0.15) is 5.75 Å². The minimum absolute atomic E-state index is 0.232. The average Bonchev–Trinajstić information content (AvgIpc) is 2.85. The van der Waals surface area contributed by atoms with Gasteiger partial charge < -0.3 is 10.1 Å². The van der Waals surface area contributed by atoms with Gasteiger partial charge in [0, 0.05) is 16.3 Å². The number of carbonyl (C=O) groups excluding carboxylic acids is 1. The van der Waals surface area contributed by atoms with Crippen molar-refractivity contribution in [2.45, 2.75) is 12.1 Å². The van der Waals surface area contributed by atoms with Gasteiger partial charge in [-0.3, -0.25) is 4.79 Å². The third-order valence-corrected chi connectivity index (χ3v) is 4.87. The highest BCUT2D eigenvalue weighted by atomic mass is 35.5. The molecule has 3 nitrogen and oxygen atoms in total. The molecule has 1 amide bonds. The lowest BCUT2D eigenvalue weighted by Crippen LogP contribution is -2.17. The van der Waals surface area contributed by atoms with Crippen LogP contribution >= 0.6 is 34.7 Å². The molecule has 1 heterocycles. The Morgan fingerprint density at radius 1 is 1.22 bits per heavy atom. The van der Waals surface area contributed by atoms with Crippen molar-refractivity contribution in [3.05, 3.63) is 45.6 Å². The number of carbonyl (C=O) groups is 1. The van der Waals surface area contributed by atoms with E-state index in [0.29, 0.717) is 15.8 Å². The number of thiophene rings is 1. The molecular formula is C14H11ClF3NO2S2. The van der Waals surface area contributed by atoms with Gasteiger partial charge in [-0.15, -0.1) is 36.3 Å². The van der Waals surface area contributed by atoms with Crippen molar-refractivity contribution >= 4 is 46.3 Å². The minimum atomic E-state index is -4.73. The zero-order chi connectivity index (χ0) is 16.9. The molecule has 0 bridgehead atoms. The van der Waals surface area contributed by atoms with Crippen LogP contribution in [-0.2, 0) is 10.5 Å². The second kappa shape index (κ2) is 7.94. The zero-order valence-electron chi connectivity index (χ0n) is 11.5. The number of halogens is 4. The van der Waals surface area contributed by atoms with Gasteiger partial charge in [-0.1, -0.05) is 11.6 Å². The Morgan fingerprint density at radius 3 is 2.48 bits per heavy atom. The molecule has 0 saturated carbocycles. The topological polar surface area (TPSA) is 38.3 Å². The quantitative estimate of drug-likeness (QED) is 0.750. The van der Waals surface area contributed by atoms with Gasteiger partial charge in [-0.25, -0.2) is 0 Å².